The van der Waals surface area contributed by atoms with Gasteiger partial charge in [-0.25, -0.2) is 0 Å². The van der Waals surface area contributed by atoms with Gasteiger partial charge in [-0.05, 0) is 31.8 Å². The van der Waals surface area contributed by atoms with Gasteiger partial charge < -0.3 is 0 Å². The van der Waals surface area contributed by atoms with Gasteiger partial charge in [0.2, 0.25) is 0 Å². The van der Waals surface area contributed by atoms with Gasteiger partial charge in [-0.3, -0.25) is 4.79 Å². The van der Waals surface area contributed by atoms with Crippen LogP contribution in [0.3, 0.4) is 0 Å². The highest BCUT2D eigenvalue weighted by molar-refractivity contribution is 5.91. The van der Waals surface area contributed by atoms with Gasteiger partial charge >= 0.3 is 0 Å². The first-order chi connectivity index (χ1) is 5.83. The fourth-order valence-corrected chi connectivity index (χ4v) is 1.48. The van der Waals surface area contributed by atoms with Crippen molar-refractivity contribution in [2.24, 2.45) is 0 Å². The minimum Gasteiger partial charge on any atom is -0.295 e. The molecule has 1 rings (SSSR count). The van der Waals surface area contributed by atoms with E-state index >= 15 is 0 Å². The normalized spacial score (nSPS) is 16.9. The number of unbranched alkanes of at least 4 members (excludes halogenated alkanes) is 1. The molecule has 1 aliphatic carbocycles. The molecule has 12 heavy (non-hydrogen) atoms. The van der Waals surface area contributed by atoms with Crippen molar-refractivity contribution in [2.75, 3.05) is 0 Å². The number of carbonyl (C=O) groups excluding carboxylic acids is 1. The van der Waals surface area contributed by atoms with Gasteiger partial charge in [-0.2, -0.15) is 0 Å². The monoisotopic (exact) mass is 162 g/mol. The first-order valence-corrected chi connectivity index (χ1v) is 4.48. The van der Waals surface area contributed by atoms with Crippen LogP contribution in [0.1, 0.15) is 38.5 Å². The fraction of sp³-hybridized carbons (Fsp3) is 0.545. The molecule has 0 saturated carbocycles. The molecule has 0 aromatic rings. The van der Waals surface area contributed by atoms with Gasteiger partial charge in [0.15, 0.2) is 5.78 Å². The van der Waals surface area contributed by atoms with Gasteiger partial charge in [-0.15, -0.1) is 12.3 Å². The second-order valence-corrected chi connectivity index (χ2v) is 3.18. The molecule has 0 saturated heterocycles. The quantitative estimate of drug-likeness (QED) is 0.460. The molecule has 0 fully saturated rings. The number of rotatable bonds is 3. The summed E-state index contributed by atoms with van der Waals surface area (Å²) in [5, 5.41) is 0. The lowest BCUT2D eigenvalue weighted by atomic mass is 9.95. The predicted molar refractivity (Wildman–Crippen MR) is 49.6 cm³/mol. The average Bonchev–Trinajstić information content (AvgIpc) is 2.05. The Morgan fingerprint density at radius 2 is 2.33 bits per heavy atom. The van der Waals surface area contributed by atoms with E-state index in [-0.39, 0.29) is 5.78 Å². The summed E-state index contributed by atoms with van der Waals surface area (Å²) in [4.78, 5) is 11.0. The molecule has 1 nitrogen and oxygen atoms in total. The molecular weight excluding hydrogens is 148 g/mol. The Kier molecular flexibility index (Phi) is 3.60. The maximum absolute atomic E-state index is 11.0. The van der Waals surface area contributed by atoms with Crippen molar-refractivity contribution in [3.63, 3.8) is 0 Å². The summed E-state index contributed by atoms with van der Waals surface area (Å²) in [6.07, 6.45) is 12.7. The molecule has 64 valence electrons. The lowest BCUT2D eigenvalue weighted by molar-refractivity contribution is -0.115. The van der Waals surface area contributed by atoms with Crippen LogP contribution in [0.15, 0.2) is 11.6 Å². The molecule has 0 N–H and O–H groups in total. The first-order valence-electron chi connectivity index (χ1n) is 4.48. The Hall–Kier alpha value is -1.03. The highest BCUT2D eigenvalue weighted by Crippen LogP contribution is 2.19. The zero-order chi connectivity index (χ0) is 8.81. The molecule has 0 amide bonds. The second-order valence-electron chi connectivity index (χ2n) is 3.18. The maximum atomic E-state index is 11.0. The predicted octanol–water partition coefficient (Wildman–Crippen LogP) is 2.47. The summed E-state index contributed by atoms with van der Waals surface area (Å²) in [5.74, 6) is 2.90. The van der Waals surface area contributed by atoms with E-state index in [0.717, 1.165) is 38.5 Å². The van der Waals surface area contributed by atoms with E-state index in [0.29, 0.717) is 0 Å². The molecule has 0 bridgehead atoms. The molecule has 0 heterocycles. The molecule has 0 aromatic carbocycles. The van der Waals surface area contributed by atoms with Crippen molar-refractivity contribution in [1.29, 1.82) is 0 Å². The number of ketones is 1. The van der Waals surface area contributed by atoms with Crippen molar-refractivity contribution in [2.45, 2.75) is 38.5 Å². The topological polar surface area (TPSA) is 17.1 Å². The Morgan fingerprint density at radius 3 is 3.00 bits per heavy atom. The second kappa shape index (κ2) is 4.77. The van der Waals surface area contributed by atoms with E-state index in [1.165, 1.54) is 5.57 Å². The number of allylic oxidation sites excluding steroid dienone is 2. The fourth-order valence-electron chi connectivity index (χ4n) is 1.48. The Labute approximate surface area is 73.9 Å². The van der Waals surface area contributed by atoms with Crippen molar-refractivity contribution < 1.29 is 4.79 Å². The highest BCUT2D eigenvalue weighted by atomic mass is 16.1. The van der Waals surface area contributed by atoms with Gasteiger partial charge in [0.1, 0.15) is 0 Å². The van der Waals surface area contributed by atoms with Gasteiger partial charge in [0, 0.05) is 12.8 Å². The Morgan fingerprint density at radius 1 is 1.50 bits per heavy atom. The van der Waals surface area contributed by atoms with Gasteiger partial charge in [-0.1, -0.05) is 5.57 Å². The van der Waals surface area contributed by atoms with Crippen LogP contribution in [0.4, 0.5) is 0 Å². The molecule has 0 atom stereocenters. The summed E-state index contributed by atoms with van der Waals surface area (Å²) >= 11 is 0. The standard InChI is InChI=1S/C11H14O/c1-2-3-4-6-10-7-5-8-11(12)9-10/h1,9H,3-8H2. The minimum atomic E-state index is 0.289. The third-order valence-corrected chi connectivity index (χ3v) is 2.11. The third-order valence-electron chi connectivity index (χ3n) is 2.11. The molecular formula is C11H14O. The summed E-state index contributed by atoms with van der Waals surface area (Å²) in [6.45, 7) is 0. The Balaban J connectivity index is 2.32. The summed E-state index contributed by atoms with van der Waals surface area (Å²) in [5.41, 5.74) is 1.29. The van der Waals surface area contributed by atoms with Crippen LogP contribution in [0.25, 0.3) is 0 Å². The van der Waals surface area contributed by atoms with E-state index in [4.69, 9.17) is 6.42 Å². The van der Waals surface area contributed by atoms with E-state index in [1.54, 1.807) is 6.08 Å². The summed E-state index contributed by atoms with van der Waals surface area (Å²) in [6, 6.07) is 0. The molecule has 0 aliphatic heterocycles. The van der Waals surface area contributed by atoms with Crippen LogP contribution >= 0.6 is 0 Å². The van der Waals surface area contributed by atoms with E-state index in [1.807, 2.05) is 0 Å². The zero-order valence-electron chi connectivity index (χ0n) is 7.31. The SMILES string of the molecule is C#CCCCC1=CC(=O)CCC1. The number of carbonyl (C=O) groups is 1. The summed E-state index contributed by atoms with van der Waals surface area (Å²) in [7, 11) is 0. The highest BCUT2D eigenvalue weighted by Gasteiger charge is 2.08. The maximum Gasteiger partial charge on any atom is 0.155 e. The van der Waals surface area contributed by atoms with Gasteiger partial charge in [0.25, 0.3) is 0 Å². The van der Waals surface area contributed by atoms with Crippen LogP contribution in [0, 0.1) is 12.3 Å². The largest absolute Gasteiger partial charge is 0.295 e. The molecule has 1 aliphatic rings. The number of terminal acetylenes is 1. The van der Waals surface area contributed by atoms with Crippen LogP contribution < -0.4 is 0 Å². The first kappa shape index (κ1) is 9.06. The van der Waals surface area contributed by atoms with Crippen molar-refractivity contribution in [1.82, 2.24) is 0 Å². The lowest BCUT2D eigenvalue weighted by Crippen LogP contribution is -2.02. The van der Waals surface area contributed by atoms with Crippen molar-refractivity contribution >= 4 is 5.78 Å². The smallest absolute Gasteiger partial charge is 0.155 e. The van der Waals surface area contributed by atoms with Crippen LogP contribution in [-0.4, -0.2) is 5.78 Å². The van der Waals surface area contributed by atoms with Crippen LogP contribution in [-0.2, 0) is 4.79 Å². The Bertz CT molecular complexity index is 230. The zero-order valence-corrected chi connectivity index (χ0v) is 7.31. The lowest BCUT2D eigenvalue weighted by Gasteiger charge is -2.10. The van der Waals surface area contributed by atoms with Crippen LogP contribution in [0.5, 0.6) is 0 Å². The summed E-state index contributed by atoms with van der Waals surface area (Å²) < 4.78 is 0. The van der Waals surface area contributed by atoms with E-state index < -0.39 is 0 Å². The number of hydrogen-bond donors (Lipinski definition) is 0. The minimum absolute atomic E-state index is 0.289. The van der Waals surface area contributed by atoms with E-state index in [9.17, 15) is 4.79 Å². The molecule has 0 aromatic heterocycles. The van der Waals surface area contributed by atoms with E-state index in [2.05, 4.69) is 5.92 Å². The molecule has 0 radical (unpaired) electrons. The van der Waals surface area contributed by atoms with Crippen LogP contribution in [0.2, 0.25) is 0 Å². The average molecular weight is 162 g/mol. The number of hydrogen-bond acceptors (Lipinski definition) is 1. The molecule has 0 unspecified atom stereocenters. The van der Waals surface area contributed by atoms with Crippen molar-refractivity contribution in [3.8, 4) is 12.3 Å². The van der Waals surface area contributed by atoms with Crippen molar-refractivity contribution in [3.05, 3.63) is 11.6 Å². The molecule has 1 heteroatoms. The third kappa shape index (κ3) is 2.92. The molecule has 0 spiro atoms. The van der Waals surface area contributed by atoms with Gasteiger partial charge in [0.05, 0.1) is 0 Å².